The monoisotopic (exact) mass is 681 g/mol. The van der Waals surface area contributed by atoms with Gasteiger partial charge < -0.3 is 26.4 Å². The zero-order chi connectivity index (χ0) is 35.3. The summed E-state index contributed by atoms with van der Waals surface area (Å²) >= 11 is 0. The topological polar surface area (TPSA) is 183 Å². The molecule has 270 valence electrons. The van der Waals surface area contributed by atoms with Crippen LogP contribution in [-0.4, -0.2) is 92.4 Å². The number of nitrogens with one attached hydrogen (secondary N) is 4. The van der Waals surface area contributed by atoms with Gasteiger partial charge in [-0.1, -0.05) is 59.8 Å². The molecule has 1 aromatic heterocycles. The molecular formula is C36H55N7O6. The number of imide groups is 1. The maximum Gasteiger partial charge on any atom is 0.272 e. The van der Waals surface area contributed by atoms with E-state index in [1.54, 1.807) is 20.8 Å². The van der Waals surface area contributed by atoms with Crippen molar-refractivity contribution in [2.24, 2.45) is 23.2 Å². The van der Waals surface area contributed by atoms with Gasteiger partial charge in [-0.05, 0) is 74.7 Å². The first-order valence-corrected chi connectivity index (χ1v) is 18.4. The molecular weight excluding hydrogens is 626 g/mol. The lowest BCUT2D eigenvalue weighted by atomic mass is 9.81. The summed E-state index contributed by atoms with van der Waals surface area (Å²) in [7, 11) is 0. The van der Waals surface area contributed by atoms with Crippen LogP contribution < -0.4 is 21.3 Å². The van der Waals surface area contributed by atoms with Crippen molar-refractivity contribution in [3.8, 4) is 0 Å². The van der Waals surface area contributed by atoms with Crippen molar-refractivity contribution >= 4 is 29.5 Å². The Balaban J connectivity index is 1.46. The van der Waals surface area contributed by atoms with Gasteiger partial charge in [-0.2, -0.15) is 0 Å². The molecule has 3 aliphatic carbocycles. The number of fused-ring (bicyclic) bond motifs is 1. The Kier molecular flexibility index (Phi) is 12.1. The van der Waals surface area contributed by atoms with Crippen LogP contribution in [0.3, 0.4) is 0 Å². The largest absolute Gasteiger partial charge is 0.381 e. The quantitative estimate of drug-likeness (QED) is 0.209. The maximum absolute atomic E-state index is 15.0. The Labute approximate surface area is 289 Å². The van der Waals surface area contributed by atoms with Crippen molar-refractivity contribution in [3.05, 3.63) is 24.3 Å². The van der Waals surface area contributed by atoms with Gasteiger partial charge in [0.15, 0.2) is 6.10 Å². The molecule has 0 radical (unpaired) electrons. The van der Waals surface area contributed by atoms with E-state index in [4.69, 9.17) is 0 Å². The summed E-state index contributed by atoms with van der Waals surface area (Å²) in [5.41, 5.74) is -0.805. The van der Waals surface area contributed by atoms with E-state index >= 15 is 0 Å². The molecule has 4 fully saturated rings. The number of nitrogens with zero attached hydrogens (tertiary/aromatic N) is 3. The minimum Gasteiger partial charge on any atom is -0.381 e. The highest BCUT2D eigenvalue weighted by atomic mass is 16.3. The number of hydrogen-bond donors (Lipinski definition) is 5. The van der Waals surface area contributed by atoms with E-state index in [1.165, 1.54) is 18.6 Å². The second-order valence-electron chi connectivity index (χ2n) is 15.6. The van der Waals surface area contributed by atoms with E-state index in [0.29, 0.717) is 18.9 Å². The molecule has 5 rings (SSSR count). The van der Waals surface area contributed by atoms with Crippen molar-refractivity contribution in [1.82, 2.24) is 36.1 Å². The molecule has 7 atom stereocenters. The van der Waals surface area contributed by atoms with Crippen LogP contribution in [0.2, 0.25) is 0 Å². The number of amides is 5. The van der Waals surface area contributed by atoms with Crippen LogP contribution in [0.5, 0.6) is 0 Å². The Morgan fingerprint density at radius 3 is 2.33 bits per heavy atom. The number of carbonyl (C=O) groups excluding carboxylic acids is 5. The van der Waals surface area contributed by atoms with E-state index in [9.17, 15) is 29.1 Å². The van der Waals surface area contributed by atoms with Crippen LogP contribution in [0.4, 0.5) is 0 Å². The molecule has 1 unspecified atom stereocenters. The summed E-state index contributed by atoms with van der Waals surface area (Å²) in [4.78, 5) is 79.5. The van der Waals surface area contributed by atoms with Crippen LogP contribution in [0.25, 0.3) is 0 Å². The standard InChI is InChI=1S/C36H55N7O6/c1-5-10-26(29(44)33(47)40-23-15-16-23)43(34(48)28-24-14-9-13-22(24)19-39-28)35(49)30(36(2,3)4)42-32(46)27(21-11-7-6-8-12-21)41-31(45)25-20-37-17-18-38-25/h17-18,20-24,26-30,39,44H,5-16,19H2,1-4H3,(H,40,47)(H,41,45)(H,42,46)/t22-,24-,26-,27-,28-,29?,30+/m0/s1. The molecule has 0 spiro atoms. The molecule has 5 N–H and O–H groups in total. The predicted molar refractivity (Wildman–Crippen MR) is 182 cm³/mol. The lowest BCUT2D eigenvalue weighted by Crippen LogP contribution is -2.65. The van der Waals surface area contributed by atoms with Gasteiger partial charge in [0, 0.05) is 18.4 Å². The van der Waals surface area contributed by atoms with Crippen molar-refractivity contribution in [1.29, 1.82) is 0 Å². The number of carbonyl (C=O) groups is 5. The SMILES string of the molecule is CCC[C@@H](C(O)C(=O)NC1CC1)N(C(=O)[C@H]1NC[C@@H]2CCC[C@@H]21)C(=O)[C@@H](NC(=O)[C@@H](NC(=O)c1cnccn1)C1CCCCC1)C(C)(C)C. The first-order valence-electron chi connectivity index (χ1n) is 18.4. The van der Waals surface area contributed by atoms with Crippen molar-refractivity contribution in [2.45, 2.75) is 141 Å². The molecule has 5 amide bonds. The highest BCUT2D eigenvalue weighted by molar-refractivity contribution is 6.03. The lowest BCUT2D eigenvalue weighted by Gasteiger charge is -2.41. The minimum absolute atomic E-state index is 0.0181. The third-order valence-electron chi connectivity index (χ3n) is 10.8. The molecule has 13 nitrogen and oxygen atoms in total. The smallest absolute Gasteiger partial charge is 0.272 e. The molecule has 2 heterocycles. The second-order valence-corrected chi connectivity index (χ2v) is 15.6. The number of aliphatic hydroxyl groups is 1. The van der Waals surface area contributed by atoms with E-state index in [2.05, 4.69) is 31.2 Å². The highest BCUT2D eigenvalue weighted by Crippen LogP contribution is 2.39. The average Bonchev–Trinajstić information content (AvgIpc) is 3.62. The molecule has 1 aromatic rings. The summed E-state index contributed by atoms with van der Waals surface area (Å²) in [5.74, 6) is -2.61. The summed E-state index contributed by atoms with van der Waals surface area (Å²) in [6.07, 6.45) is 12.1. The molecule has 0 aromatic carbocycles. The summed E-state index contributed by atoms with van der Waals surface area (Å²) in [6, 6.07) is -3.93. The van der Waals surface area contributed by atoms with Crippen LogP contribution in [0, 0.1) is 23.2 Å². The number of aliphatic hydroxyl groups excluding tert-OH is 1. The Morgan fingerprint density at radius 2 is 1.69 bits per heavy atom. The zero-order valence-electron chi connectivity index (χ0n) is 29.5. The number of aromatic nitrogens is 2. The van der Waals surface area contributed by atoms with Crippen LogP contribution in [0.15, 0.2) is 18.6 Å². The van der Waals surface area contributed by atoms with Gasteiger partial charge in [-0.25, -0.2) is 4.98 Å². The number of rotatable bonds is 13. The molecule has 13 heteroatoms. The highest BCUT2D eigenvalue weighted by Gasteiger charge is 2.50. The molecule has 0 bridgehead atoms. The molecule has 4 aliphatic rings. The Hall–Kier alpha value is -3.45. The van der Waals surface area contributed by atoms with Gasteiger partial charge >= 0.3 is 0 Å². The van der Waals surface area contributed by atoms with Crippen LogP contribution >= 0.6 is 0 Å². The number of hydrogen-bond acceptors (Lipinski definition) is 9. The van der Waals surface area contributed by atoms with Gasteiger partial charge in [0.1, 0.15) is 17.8 Å². The fourth-order valence-corrected chi connectivity index (χ4v) is 7.97. The zero-order valence-corrected chi connectivity index (χ0v) is 29.5. The van der Waals surface area contributed by atoms with Gasteiger partial charge in [-0.15, -0.1) is 0 Å². The third-order valence-corrected chi connectivity index (χ3v) is 10.8. The van der Waals surface area contributed by atoms with Gasteiger partial charge in [0.2, 0.25) is 11.8 Å². The van der Waals surface area contributed by atoms with Crippen molar-refractivity contribution < 1.29 is 29.1 Å². The Morgan fingerprint density at radius 1 is 0.959 bits per heavy atom. The van der Waals surface area contributed by atoms with E-state index in [-0.39, 0.29) is 30.0 Å². The normalized spacial score (nSPS) is 25.0. The molecule has 3 saturated carbocycles. The second kappa shape index (κ2) is 16.1. The average molecular weight is 682 g/mol. The minimum atomic E-state index is -1.63. The Bertz CT molecular complexity index is 1340. The molecule has 49 heavy (non-hydrogen) atoms. The molecule has 1 saturated heterocycles. The molecule has 1 aliphatic heterocycles. The van der Waals surface area contributed by atoms with E-state index in [0.717, 1.165) is 69.1 Å². The third kappa shape index (κ3) is 8.83. The van der Waals surface area contributed by atoms with Crippen molar-refractivity contribution in [2.75, 3.05) is 6.54 Å². The summed E-state index contributed by atoms with van der Waals surface area (Å²) < 4.78 is 0. The first-order chi connectivity index (χ1) is 23.4. The fourth-order valence-electron chi connectivity index (χ4n) is 7.97. The van der Waals surface area contributed by atoms with E-state index in [1.807, 2.05) is 6.92 Å². The van der Waals surface area contributed by atoms with Gasteiger partial charge in [0.25, 0.3) is 17.7 Å². The van der Waals surface area contributed by atoms with Gasteiger partial charge in [-0.3, -0.25) is 33.9 Å². The van der Waals surface area contributed by atoms with Crippen LogP contribution in [-0.2, 0) is 19.2 Å². The summed E-state index contributed by atoms with van der Waals surface area (Å²) in [6.45, 7) is 7.96. The van der Waals surface area contributed by atoms with E-state index < -0.39 is 65.2 Å². The van der Waals surface area contributed by atoms with Crippen LogP contribution in [0.1, 0.15) is 115 Å². The lowest BCUT2D eigenvalue weighted by molar-refractivity contribution is -0.158. The van der Waals surface area contributed by atoms with Gasteiger partial charge in [0.05, 0.1) is 18.3 Å². The predicted octanol–water partition coefficient (Wildman–Crippen LogP) is 2.24. The first kappa shape index (κ1) is 36.8. The fraction of sp³-hybridized carbons (Fsp3) is 0.750. The summed E-state index contributed by atoms with van der Waals surface area (Å²) in [5, 5.41) is 23.5. The van der Waals surface area contributed by atoms with Crippen molar-refractivity contribution in [3.63, 3.8) is 0 Å². The maximum atomic E-state index is 15.0.